The van der Waals surface area contributed by atoms with Crippen molar-refractivity contribution in [2.45, 2.75) is 0 Å². The Kier molecular flexibility index (Phi) is 2.91. The van der Waals surface area contributed by atoms with E-state index in [4.69, 9.17) is 0 Å². The van der Waals surface area contributed by atoms with Gasteiger partial charge in [-0.05, 0) is 0 Å². The maximum atomic E-state index is 3.71. The van der Waals surface area contributed by atoms with Crippen LogP contribution < -0.4 is 0 Å². The van der Waals surface area contributed by atoms with Crippen molar-refractivity contribution in [3.05, 3.63) is 10.7 Å². The summed E-state index contributed by atoms with van der Waals surface area (Å²) in [6, 6.07) is 0. The predicted molar refractivity (Wildman–Crippen MR) is 34.0 cm³/mol. The van der Waals surface area contributed by atoms with Gasteiger partial charge in [-0.2, -0.15) is 0 Å². The fourth-order valence-electron chi connectivity index (χ4n) is 0.274. The molecule has 0 aromatic heterocycles. The van der Waals surface area contributed by atoms with Crippen LogP contribution in [0.4, 0.5) is 0 Å². The van der Waals surface area contributed by atoms with Gasteiger partial charge in [0.2, 0.25) is 0 Å². The Labute approximate surface area is 56.2 Å². The van der Waals surface area contributed by atoms with Crippen molar-refractivity contribution >= 4 is 21.4 Å². The molecule has 0 rings (SSSR count). The summed E-state index contributed by atoms with van der Waals surface area (Å²) in [6.07, 6.45) is 0. The van der Waals surface area contributed by atoms with Crippen molar-refractivity contribution in [1.82, 2.24) is 0 Å². The molecule has 0 saturated heterocycles. The molecular weight excluding hydrogens is 193 g/mol. The Hall–Kier alpha value is 0.499. The second-order valence-electron chi connectivity index (χ2n) is 2.35. The first kappa shape index (κ1) is 7.50. The maximum absolute atomic E-state index is 3.71. The number of rotatable bonds is 2. The van der Waals surface area contributed by atoms with E-state index in [2.05, 4.69) is 31.8 Å². The van der Waals surface area contributed by atoms with E-state index in [-0.39, 0.29) is 21.4 Å². The van der Waals surface area contributed by atoms with Crippen molar-refractivity contribution in [1.29, 1.82) is 0 Å². The third-order valence-electron chi connectivity index (χ3n) is 0.479. The molecule has 2 heteroatoms. The van der Waals surface area contributed by atoms with Gasteiger partial charge in [0.15, 0.2) is 0 Å². The summed E-state index contributed by atoms with van der Waals surface area (Å²) < 4.78 is 3.25. The molecular formula is C5H12NSn+. The molecule has 0 heterocycles. The van der Waals surface area contributed by atoms with E-state index in [1.54, 1.807) is 0 Å². The standard InChI is InChI=1S/C3H9N.C2H3.Sn/c1-4(2)3;1-2;/h1-3H3;1H,2H2;/q;;+1. The number of nitrogens with zero attached hydrogens (tertiary/aromatic N) is 1. The van der Waals surface area contributed by atoms with Crippen LogP contribution in [-0.4, -0.2) is 45.3 Å². The normalized spacial score (nSPS) is 11.3. The van der Waals surface area contributed by atoms with Crippen LogP contribution in [-0.2, 0) is 0 Å². The zero-order valence-electron chi connectivity index (χ0n) is 5.23. The Balaban J connectivity index is 3.34. The monoisotopic (exact) mass is 206 g/mol. The summed E-state index contributed by atoms with van der Waals surface area (Å²) in [5, 5.41) is 0. The van der Waals surface area contributed by atoms with Crippen molar-refractivity contribution in [3.8, 4) is 0 Å². The summed E-state index contributed by atoms with van der Waals surface area (Å²) in [6.45, 7) is 3.71. The van der Waals surface area contributed by atoms with Crippen LogP contribution in [0, 0.1) is 0 Å². The summed E-state index contributed by atoms with van der Waals surface area (Å²) in [5.41, 5.74) is 0. The number of quaternary nitrogens is 1. The predicted octanol–water partition coefficient (Wildman–Crippen LogP) is 0.455. The zero-order chi connectivity index (χ0) is 5.91. The minimum atomic E-state index is -0.281. The second-order valence-corrected chi connectivity index (χ2v) is 8.08. The SMILES string of the molecule is C=[CH][Sn][N+](C)(C)C. The third-order valence-corrected chi connectivity index (χ3v) is 3.21. The summed E-state index contributed by atoms with van der Waals surface area (Å²) >= 11 is -0.281. The average Bonchev–Trinajstić information content (AvgIpc) is 1.30. The molecule has 1 nitrogen and oxygen atoms in total. The van der Waals surface area contributed by atoms with Crippen molar-refractivity contribution in [2.24, 2.45) is 0 Å². The molecule has 2 radical (unpaired) electrons. The van der Waals surface area contributed by atoms with E-state index < -0.39 is 0 Å². The first-order valence-corrected chi connectivity index (χ1v) is 5.19. The zero-order valence-corrected chi connectivity index (χ0v) is 8.09. The first-order chi connectivity index (χ1) is 3.06. The van der Waals surface area contributed by atoms with Crippen LogP contribution in [0.3, 0.4) is 0 Å². The second kappa shape index (κ2) is 2.72. The molecule has 0 atom stereocenters. The van der Waals surface area contributed by atoms with Gasteiger partial charge < -0.3 is 0 Å². The number of hydrogen-bond acceptors (Lipinski definition) is 0. The van der Waals surface area contributed by atoms with E-state index in [1.807, 2.05) is 0 Å². The molecule has 0 aromatic rings. The van der Waals surface area contributed by atoms with Crippen molar-refractivity contribution in [2.75, 3.05) is 21.1 Å². The van der Waals surface area contributed by atoms with Gasteiger partial charge in [0.05, 0.1) is 0 Å². The van der Waals surface area contributed by atoms with E-state index in [9.17, 15) is 0 Å². The molecule has 7 heavy (non-hydrogen) atoms. The Morgan fingerprint density at radius 3 is 1.86 bits per heavy atom. The quantitative estimate of drug-likeness (QED) is 0.574. The Bertz CT molecular complexity index is 63.0. The molecule has 40 valence electrons. The molecule has 0 aromatic carbocycles. The third kappa shape index (κ3) is 6.50. The molecule has 0 saturated carbocycles. The molecule has 0 fully saturated rings. The van der Waals surface area contributed by atoms with Crippen LogP contribution in [0.15, 0.2) is 10.7 Å². The van der Waals surface area contributed by atoms with Gasteiger partial charge in [0.25, 0.3) is 0 Å². The van der Waals surface area contributed by atoms with Crippen LogP contribution in [0.25, 0.3) is 0 Å². The first-order valence-electron chi connectivity index (χ1n) is 2.26. The molecule has 0 N–H and O–H groups in total. The van der Waals surface area contributed by atoms with E-state index >= 15 is 0 Å². The van der Waals surface area contributed by atoms with Crippen molar-refractivity contribution < 1.29 is 2.70 Å². The van der Waals surface area contributed by atoms with E-state index in [0.717, 1.165) is 2.70 Å². The Morgan fingerprint density at radius 1 is 1.43 bits per heavy atom. The van der Waals surface area contributed by atoms with E-state index in [1.165, 1.54) is 0 Å². The van der Waals surface area contributed by atoms with Gasteiger partial charge >= 0.3 is 55.9 Å². The molecule has 0 bridgehead atoms. The van der Waals surface area contributed by atoms with Gasteiger partial charge in [-0.3, -0.25) is 0 Å². The molecule has 0 amide bonds. The van der Waals surface area contributed by atoms with Crippen LogP contribution in [0.2, 0.25) is 0 Å². The Morgan fingerprint density at radius 2 is 1.86 bits per heavy atom. The molecule has 0 spiro atoms. The summed E-state index contributed by atoms with van der Waals surface area (Å²) in [7, 11) is 6.65. The fourth-order valence-corrected chi connectivity index (χ4v) is 1.84. The summed E-state index contributed by atoms with van der Waals surface area (Å²) in [5.74, 6) is 0. The number of hydrogen-bond donors (Lipinski definition) is 0. The van der Waals surface area contributed by atoms with Crippen LogP contribution in [0.1, 0.15) is 0 Å². The average molecular weight is 205 g/mol. The molecule has 0 aliphatic rings. The molecule has 0 unspecified atom stereocenters. The van der Waals surface area contributed by atoms with Gasteiger partial charge in [0.1, 0.15) is 0 Å². The van der Waals surface area contributed by atoms with Gasteiger partial charge in [0, 0.05) is 0 Å². The van der Waals surface area contributed by atoms with Crippen LogP contribution >= 0.6 is 0 Å². The van der Waals surface area contributed by atoms with Gasteiger partial charge in [-0.15, -0.1) is 0 Å². The molecule has 0 aliphatic carbocycles. The minimum absolute atomic E-state index is 0.281. The van der Waals surface area contributed by atoms with Gasteiger partial charge in [-0.1, -0.05) is 0 Å². The molecule has 0 aliphatic heterocycles. The summed E-state index contributed by atoms with van der Waals surface area (Å²) in [4.78, 5) is 0. The van der Waals surface area contributed by atoms with Crippen LogP contribution in [0.5, 0.6) is 0 Å². The van der Waals surface area contributed by atoms with E-state index in [0.29, 0.717) is 0 Å². The van der Waals surface area contributed by atoms with Crippen molar-refractivity contribution in [3.63, 3.8) is 0 Å². The topological polar surface area (TPSA) is 0 Å². The fraction of sp³-hybridized carbons (Fsp3) is 0.600. The van der Waals surface area contributed by atoms with Gasteiger partial charge in [-0.25, -0.2) is 0 Å².